The van der Waals surface area contributed by atoms with Crippen molar-refractivity contribution >= 4 is 11.7 Å². The van der Waals surface area contributed by atoms with Gasteiger partial charge in [0.25, 0.3) is 0 Å². The van der Waals surface area contributed by atoms with Gasteiger partial charge >= 0.3 is 5.97 Å². The minimum atomic E-state index is -0.720. The van der Waals surface area contributed by atoms with E-state index in [-0.39, 0.29) is 5.92 Å². The fourth-order valence-electron chi connectivity index (χ4n) is 1.62. The highest BCUT2D eigenvalue weighted by Gasteiger charge is 2.23. The van der Waals surface area contributed by atoms with E-state index in [2.05, 4.69) is 5.32 Å². The molecule has 0 saturated heterocycles. The highest BCUT2D eigenvalue weighted by Crippen LogP contribution is 2.23. The number of aliphatic carboxylic acids is 1. The van der Waals surface area contributed by atoms with Crippen LogP contribution < -0.4 is 5.32 Å². The van der Waals surface area contributed by atoms with Crippen molar-refractivity contribution in [2.45, 2.75) is 6.42 Å². The van der Waals surface area contributed by atoms with E-state index in [0.29, 0.717) is 13.0 Å². The van der Waals surface area contributed by atoms with Crippen LogP contribution >= 0.6 is 0 Å². The Morgan fingerprint density at radius 1 is 1.46 bits per heavy atom. The molecule has 0 unspecified atom stereocenters. The van der Waals surface area contributed by atoms with Crippen LogP contribution in [0, 0.1) is 5.92 Å². The van der Waals surface area contributed by atoms with Crippen molar-refractivity contribution in [1.82, 2.24) is 0 Å². The number of hydrogen-bond acceptors (Lipinski definition) is 2. The van der Waals surface area contributed by atoms with Gasteiger partial charge < -0.3 is 10.4 Å². The Morgan fingerprint density at radius 3 is 3.00 bits per heavy atom. The monoisotopic (exact) mass is 177 g/mol. The van der Waals surface area contributed by atoms with Crippen molar-refractivity contribution in [3.8, 4) is 0 Å². The Labute approximate surface area is 76.4 Å². The molecule has 3 nitrogen and oxygen atoms in total. The maximum atomic E-state index is 10.7. The molecule has 0 aromatic heterocycles. The van der Waals surface area contributed by atoms with Gasteiger partial charge in [0, 0.05) is 12.2 Å². The molecule has 1 heterocycles. The molecule has 1 aromatic rings. The third-order valence-corrected chi connectivity index (χ3v) is 2.37. The molecule has 0 fully saturated rings. The minimum absolute atomic E-state index is 0.283. The average molecular weight is 177 g/mol. The van der Waals surface area contributed by atoms with Crippen molar-refractivity contribution in [3.05, 3.63) is 29.8 Å². The number of anilines is 1. The molecule has 13 heavy (non-hydrogen) atoms. The second-order valence-corrected chi connectivity index (χ2v) is 3.28. The summed E-state index contributed by atoms with van der Waals surface area (Å²) < 4.78 is 0. The summed E-state index contributed by atoms with van der Waals surface area (Å²) >= 11 is 0. The molecular weight excluding hydrogens is 166 g/mol. The molecule has 1 aromatic carbocycles. The SMILES string of the molecule is O=C(O)[C@H]1CNc2ccccc2C1. The number of nitrogens with one attached hydrogen (secondary N) is 1. The zero-order valence-electron chi connectivity index (χ0n) is 7.16. The Morgan fingerprint density at radius 2 is 2.23 bits per heavy atom. The first-order valence-corrected chi connectivity index (χ1v) is 4.32. The van der Waals surface area contributed by atoms with Gasteiger partial charge in [-0.25, -0.2) is 0 Å². The van der Waals surface area contributed by atoms with E-state index in [9.17, 15) is 4.79 Å². The topological polar surface area (TPSA) is 49.3 Å². The molecular formula is C10H11NO2. The second kappa shape index (κ2) is 3.09. The zero-order valence-corrected chi connectivity index (χ0v) is 7.16. The fraction of sp³-hybridized carbons (Fsp3) is 0.300. The van der Waals surface area contributed by atoms with Crippen LogP contribution in [0.1, 0.15) is 5.56 Å². The first-order chi connectivity index (χ1) is 6.27. The summed E-state index contributed by atoms with van der Waals surface area (Å²) in [7, 11) is 0. The molecule has 3 heteroatoms. The summed E-state index contributed by atoms with van der Waals surface area (Å²) in [5.74, 6) is -1.00. The Bertz CT molecular complexity index is 335. The van der Waals surface area contributed by atoms with Gasteiger partial charge in [0.2, 0.25) is 0 Å². The summed E-state index contributed by atoms with van der Waals surface area (Å²) in [6, 6.07) is 7.84. The van der Waals surface area contributed by atoms with Gasteiger partial charge in [-0.15, -0.1) is 0 Å². The molecule has 0 radical (unpaired) electrons. The van der Waals surface area contributed by atoms with E-state index in [1.54, 1.807) is 0 Å². The van der Waals surface area contributed by atoms with E-state index < -0.39 is 5.97 Å². The number of benzene rings is 1. The lowest BCUT2D eigenvalue weighted by Crippen LogP contribution is -2.29. The molecule has 2 rings (SSSR count). The number of rotatable bonds is 1. The Kier molecular flexibility index (Phi) is 1.93. The normalized spacial score (nSPS) is 20.2. The molecule has 0 amide bonds. The second-order valence-electron chi connectivity index (χ2n) is 3.28. The average Bonchev–Trinajstić information content (AvgIpc) is 2.17. The van der Waals surface area contributed by atoms with E-state index >= 15 is 0 Å². The van der Waals surface area contributed by atoms with Gasteiger partial charge in [-0.3, -0.25) is 4.79 Å². The molecule has 68 valence electrons. The Balaban J connectivity index is 2.24. The number of carboxylic acids is 1. The molecule has 1 atom stereocenters. The van der Waals surface area contributed by atoms with Gasteiger partial charge in [-0.1, -0.05) is 18.2 Å². The van der Waals surface area contributed by atoms with E-state index in [1.807, 2.05) is 24.3 Å². The summed E-state index contributed by atoms with van der Waals surface area (Å²) in [6.45, 7) is 0.534. The highest BCUT2D eigenvalue weighted by atomic mass is 16.4. The maximum Gasteiger partial charge on any atom is 0.308 e. The molecule has 0 saturated carbocycles. The quantitative estimate of drug-likeness (QED) is 0.680. The zero-order chi connectivity index (χ0) is 9.26. The van der Waals surface area contributed by atoms with Crippen molar-refractivity contribution in [2.24, 2.45) is 5.92 Å². The van der Waals surface area contributed by atoms with Crippen molar-refractivity contribution in [1.29, 1.82) is 0 Å². The lowest BCUT2D eigenvalue weighted by atomic mass is 9.94. The van der Waals surface area contributed by atoms with Crippen LogP contribution in [-0.2, 0) is 11.2 Å². The summed E-state index contributed by atoms with van der Waals surface area (Å²) in [4.78, 5) is 10.7. The van der Waals surface area contributed by atoms with E-state index in [4.69, 9.17) is 5.11 Å². The molecule has 0 aliphatic carbocycles. The minimum Gasteiger partial charge on any atom is -0.481 e. The number of fused-ring (bicyclic) bond motifs is 1. The largest absolute Gasteiger partial charge is 0.481 e. The highest BCUT2D eigenvalue weighted by molar-refractivity contribution is 5.73. The first kappa shape index (κ1) is 8.10. The number of para-hydroxylation sites is 1. The van der Waals surface area contributed by atoms with Crippen LogP contribution in [0.25, 0.3) is 0 Å². The van der Waals surface area contributed by atoms with E-state index in [0.717, 1.165) is 11.3 Å². The predicted molar refractivity (Wildman–Crippen MR) is 49.8 cm³/mol. The standard InChI is InChI=1S/C10H11NO2/c12-10(13)8-5-7-3-1-2-4-9(7)11-6-8/h1-4,8,11H,5-6H2,(H,12,13)/t8-/m1/s1. The number of carboxylic acid groups (broad SMARTS) is 1. The Hall–Kier alpha value is -1.51. The number of hydrogen-bond donors (Lipinski definition) is 2. The third-order valence-electron chi connectivity index (χ3n) is 2.37. The van der Waals surface area contributed by atoms with Crippen molar-refractivity contribution < 1.29 is 9.90 Å². The van der Waals surface area contributed by atoms with Gasteiger partial charge in [0.05, 0.1) is 5.92 Å². The van der Waals surface area contributed by atoms with Crippen LogP contribution in [0.3, 0.4) is 0 Å². The van der Waals surface area contributed by atoms with E-state index in [1.165, 1.54) is 0 Å². The van der Waals surface area contributed by atoms with Gasteiger partial charge in [0.15, 0.2) is 0 Å². The summed E-state index contributed by atoms with van der Waals surface area (Å²) in [5, 5.41) is 11.9. The fourth-order valence-corrected chi connectivity index (χ4v) is 1.62. The first-order valence-electron chi connectivity index (χ1n) is 4.32. The molecule has 1 aliphatic heterocycles. The predicted octanol–water partition coefficient (Wildman–Crippen LogP) is 1.36. The maximum absolute atomic E-state index is 10.7. The molecule has 2 N–H and O–H groups in total. The summed E-state index contributed by atoms with van der Waals surface area (Å²) in [5.41, 5.74) is 2.17. The molecule has 0 bridgehead atoms. The molecule has 1 aliphatic rings. The third kappa shape index (κ3) is 1.49. The number of carbonyl (C=O) groups is 1. The van der Waals surface area contributed by atoms with Gasteiger partial charge in [0.1, 0.15) is 0 Å². The van der Waals surface area contributed by atoms with Crippen LogP contribution in [0.4, 0.5) is 5.69 Å². The smallest absolute Gasteiger partial charge is 0.308 e. The van der Waals surface area contributed by atoms with Gasteiger partial charge in [-0.2, -0.15) is 0 Å². The van der Waals surface area contributed by atoms with Crippen LogP contribution in [0.5, 0.6) is 0 Å². The summed E-state index contributed by atoms with van der Waals surface area (Å²) in [6.07, 6.45) is 0.637. The molecule has 0 spiro atoms. The van der Waals surface area contributed by atoms with Crippen LogP contribution in [0.15, 0.2) is 24.3 Å². The van der Waals surface area contributed by atoms with Crippen molar-refractivity contribution in [2.75, 3.05) is 11.9 Å². The lowest BCUT2D eigenvalue weighted by molar-refractivity contribution is -0.141. The van der Waals surface area contributed by atoms with Gasteiger partial charge in [-0.05, 0) is 18.1 Å². The van der Waals surface area contributed by atoms with Crippen LogP contribution in [-0.4, -0.2) is 17.6 Å². The van der Waals surface area contributed by atoms with Crippen molar-refractivity contribution in [3.63, 3.8) is 0 Å². The lowest BCUT2D eigenvalue weighted by Gasteiger charge is -2.22. The van der Waals surface area contributed by atoms with Crippen LogP contribution in [0.2, 0.25) is 0 Å².